The van der Waals surface area contributed by atoms with Crippen LogP contribution in [-0.4, -0.2) is 43.2 Å². The minimum absolute atomic E-state index is 0.802. The van der Waals surface area contributed by atoms with Crippen LogP contribution in [0.15, 0.2) is 24.5 Å². The van der Waals surface area contributed by atoms with Gasteiger partial charge in [0.2, 0.25) is 0 Å². The van der Waals surface area contributed by atoms with Gasteiger partial charge in [-0.05, 0) is 32.0 Å². The molecule has 3 heteroatoms. The zero-order valence-electron chi connectivity index (χ0n) is 9.65. The maximum absolute atomic E-state index is 5.30. The molecule has 1 rings (SSSR count). The normalized spacial score (nSPS) is 10.9. The van der Waals surface area contributed by atoms with Gasteiger partial charge >= 0.3 is 0 Å². The van der Waals surface area contributed by atoms with Crippen molar-refractivity contribution in [1.82, 2.24) is 9.88 Å². The standard InChI is InChI=1S/C12H20N2O/c1-3-15-10-9-14(2)8-6-12-5-4-7-13-11-12/h4-5,7,11H,3,6,8-10H2,1-2H3. The minimum Gasteiger partial charge on any atom is -0.380 e. The summed E-state index contributed by atoms with van der Waals surface area (Å²) in [6.45, 7) is 5.69. The third-order valence-electron chi connectivity index (χ3n) is 2.33. The Balaban J connectivity index is 2.14. The number of nitrogens with zero attached hydrogens (tertiary/aromatic N) is 2. The molecule has 0 fully saturated rings. The maximum Gasteiger partial charge on any atom is 0.0593 e. The smallest absolute Gasteiger partial charge is 0.0593 e. The maximum atomic E-state index is 5.30. The van der Waals surface area contributed by atoms with Crippen LogP contribution in [0.25, 0.3) is 0 Å². The van der Waals surface area contributed by atoms with E-state index in [0.29, 0.717) is 0 Å². The Bertz CT molecular complexity index is 251. The zero-order chi connectivity index (χ0) is 10.9. The number of ether oxygens (including phenoxy) is 1. The van der Waals surface area contributed by atoms with E-state index in [0.717, 1.165) is 32.7 Å². The first-order chi connectivity index (χ1) is 7.33. The summed E-state index contributed by atoms with van der Waals surface area (Å²) in [5, 5.41) is 0. The van der Waals surface area contributed by atoms with Gasteiger partial charge < -0.3 is 9.64 Å². The van der Waals surface area contributed by atoms with E-state index in [1.807, 2.05) is 25.4 Å². The van der Waals surface area contributed by atoms with Crippen molar-refractivity contribution in [3.8, 4) is 0 Å². The number of aromatic nitrogens is 1. The molecule has 0 aliphatic rings. The number of hydrogen-bond acceptors (Lipinski definition) is 3. The van der Waals surface area contributed by atoms with E-state index < -0.39 is 0 Å². The summed E-state index contributed by atoms with van der Waals surface area (Å²) in [5.74, 6) is 0. The van der Waals surface area contributed by atoms with Crippen molar-refractivity contribution in [3.05, 3.63) is 30.1 Å². The van der Waals surface area contributed by atoms with E-state index in [-0.39, 0.29) is 0 Å². The number of likely N-dealkylation sites (N-methyl/N-ethyl adjacent to an activating group) is 1. The minimum atomic E-state index is 0.802. The zero-order valence-corrected chi connectivity index (χ0v) is 9.65. The quantitative estimate of drug-likeness (QED) is 0.636. The SMILES string of the molecule is CCOCCN(C)CCc1cccnc1. The molecule has 0 aromatic carbocycles. The Morgan fingerprint density at radius 1 is 1.40 bits per heavy atom. The second kappa shape index (κ2) is 7.37. The average molecular weight is 208 g/mol. The van der Waals surface area contributed by atoms with E-state index in [4.69, 9.17) is 4.74 Å². The highest BCUT2D eigenvalue weighted by atomic mass is 16.5. The highest BCUT2D eigenvalue weighted by Gasteiger charge is 1.98. The highest BCUT2D eigenvalue weighted by molar-refractivity contribution is 5.08. The van der Waals surface area contributed by atoms with Crippen molar-refractivity contribution in [2.45, 2.75) is 13.3 Å². The van der Waals surface area contributed by atoms with E-state index in [2.05, 4.69) is 23.0 Å². The van der Waals surface area contributed by atoms with Gasteiger partial charge in [0.15, 0.2) is 0 Å². The largest absolute Gasteiger partial charge is 0.380 e. The summed E-state index contributed by atoms with van der Waals surface area (Å²) < 4.78 is 5.30. The summed E-state index contributed by atoms with van der Waals surface area (Å²) in [4.78, 5) is 6.38. The molecule has 0 radical (unpaired) electrons. The lowest BCUT2D eigenvalue weighted by atomic mass is 10.2. The fraction of sp³-hybridized carbons (Fsp3) is 0.583. The van der Waals surface area contributed by atoms with Gasteiger partial charge in [-0.25, -0.2) is 0 Å². The van der Waals surface area contributed by atoms with Crippen LogP contribution in [0.4, 0.5) is 0 Å². The van der Waals surface area contributed by atoms with Gasteiger partial charge in [-0.3, -0.25) is 4.98 Å². The van der Waals surface area contributed by atoms with Crippen molar-refractivity contribution in [3.63, 3.8) is 0 Å². The highest BCUT2D eigenvalue weighted by Crippen LogP contribution is 1.98. The van der Waals surface area contributed by atoms with E-state index in [9.17, 15) is 0 Å². The summed E-state index contributed by atoms with van der Waals surface area (Å²) in [5.41, 5.74) is 1.29. The summed E-state index contributed by atoms with van der Waals surface area (Å²) in [6.07, 6.45) is 4.79. The lowest BCUT2D eigenvalue weighted by Gasteiger charge is -2.15. The number of pyridine rings is 1. The average Bonchev–Trinajstić information content (AvgIpc) is 2.28. The predicted molar refractivity (Wildman–Crippen MR) is 61.9 cm³/mol. The molecule has 1 heterocycles. The summed E-state index contributed by atoms with van der Waals surface area (Å²) >= 11 is 0. The van der Waals surface area contributed by atoms with Gasteiger partial charge in [0.1, 0.15) is 0 Å². The molecule has 0 N–H and O–H groups in total. The van der Waals surface area contributed by atoms with Crippen LogP contribution in [0, 0.1) is 0 Å². The molecule has 0 saturated heterocycles. The molecule has 1 aromatic heterocycles. The molecule has 84 valence electrons. The molecule has 0 aliphatic heterocycles. The van der Waals surface area contributed by atoms with Crippen LogP contribution in [0.2, 0.25) is 0 Å². The first kappa shape index (κ1) is 12.1. The van der Waals surface area contributed by atoms with Crippen LogP contribution in [-0.2, 0) is 11.2 Å². The van der Waals surface area contributed by atoms with Crippen LogP contribution in [0.1, 0.15) is 12.5 Å². The second-order valence-electron chi connectivity index (χ2n) is 3.61. The summed E-state index contributed by atoms with van der Waals surface area (Å²) in [7, 11) is 2.12. The van der Waals surface area contributed by atoms with Crippen LogP contribution in [0.3, 0.4) is 0 Å². The molecular weight excluding hydrogens is 188 g/mol. The monoisotopic (exact) mass is 208 g/mol. The summed E-state index contributed by atoms with van der Waals surface area (Å²) in [6, 6.07) is 4.10. The third kappa shape index (κ3) is 5.50. The first-order valence-corrected chi connectivity index (χ1v) is 5.48. The fourth-order valence-electron chi connectivity index (χ4n) is 1.34. The van der Waals surface area contributed by atoms with Gasteiger partial charge in [0.25, 0.3) is 0 Å². The van der Waals surface area contributed by atoms with Gasteiger partial charge in [0, 0.05) is 32.1 Å². The van der Waals surface area contributed by atoms with Crippen LogP contribution >= 0.6 is 0 Å². The topological polar surface area (TPSA) is 25.4 Å². The van der Waals surface area contributed by atoms with Crippen molar-refractivity contribution >= 4 is 0 Å². The van der Waals surface area contributed by atoms with Gasteiger partial charge in [-0.15, -0.1) is 0 Å². The van der Waals surface area contributed by atoms with Crippen molar-refractivity contribution in [2.24, 2.45) is 0 Å². The fourth-order valence-corrected chi connectivity index (χ4v) is 1.34. The van der Waals surface area contributed by atoms with Crippen molar-refractivity contribution in [2.75, 3.05) is 33.4 Å². The number of hydrogen-bond donors (Lipinski definition) is 0. The lowest BCUT2D eigenvalue weighted by molar-refractivity contribution is 0.122. The number of rotatable bonds is 7. The molecule has 0 amide bonds. The molecule has 1 aromatic rings. The van der Waals surface area contributed by atoms with Gasteiger partial charge in [0.05, 0.1) is 6.61 Å². The lowest BCUT2D eigenvalue weighted by Crippen LogP contribution is -2.25. The Kier molecular flexibility index (Phi) is 5.97. The molecule has 0 spiro atoms. The third-order valence-corrected chi connectivity index (χ3v) is 2.33. The van der Waals surface area contributed by atoms with E-state index in [1.54, 1.807) is 0 Å². The van der Waals surface area contributed by atoms with Gasteiger partial charge in [-0.2, -0.15) is 0 Å². The molecular formula is C12H20N2O. The van der Waals surface area contributed by atoms with Crippen LogP contribution in [0.5, 0.6) is 0 Å². The van der Waals surface area contributed by atoms with Crippen LogP contribution < -0.4 is 0 Å². The molecule has 0 atom stereocenters. The molecule has 0 bridgehead atoms. The molecule has 15 heavy (non-hydrogen) atoms. The van der Waals surface area contributed by atoms with E-state index >= 15 is 0 Å². The predicted octanol–water partition coefficient (Wildman–Crippen LogP) is 1.59. The van der Waals surface area contributed by atoms with E-state index in [1.165, 1.54) is 5.56 Å². The second-order valence-corrected chi connectivity index (χ2v) is 3.61. The molecule has 0 saturated carbocycles. The Hall–Kier alpha value is -0.930. The molecule has 3 nitrogen and oxygen atoms in total. The molecule has 0 unspecified atom stereocenters. The first-order valence-electron chi connectivity index (χ1n) is 5.48. The van der Waals surface area contributed by atoms with Gasteiger partial charge in [-0.1, -0.05) is 6.07 Å². The van der Waals surface area contributed by atoms with Crippen molar-refractivity contribution < 1.29 is 4.74 Å². The van der Waals surface area contributed by atoms with Crippen molar-refractivity contribution in [1.29, 1.82) is 0 Å². The Labute approximate surface area is 92.1 Å². The molecule has 0 aliphatic carbocycles. The Morgan fingerprint density at radius 2 is 2.27 bits per heavy atom. The Morgan fingerprint density at radius 3 is 2.93 bits per heavy atom.